The van der Waals surface area contributed by atoms with Crippen molar-refractivity contribution in [3.05, 3.63) is 36.5 Å². The number of carbonyl (C=O) groups is 3. The highest BCUT2D eigenvalue weighted by Crippen LogP contribution is 2.39. The van der Waals surface area contributed by atoms with E-state index in [1.54, 1.807) is 6.08 Å². The van der Waals surface area contributed by atoms with E-state index in [1.807, 2.05) is 6.08 Å². The third kappa shape index (κ3) is 39.2. The summed E-state index contributed by atoms with van der Waals surface area (Å²) in [6.45, 7) is 2.16. The van der Waals surface area contributed by atoms with Crippen molar-refractivity contribution < 1.29 is 104 Å². The van der Waals surface area contributed by atoms with Gasteiger partial charge in [0.25, 0.3) is 5.79 Å². The largest absolute Gasteiger partial charge is 0.477 e. The Morgan fingerprint density at radius 1 is 0.515 bits per heavy atom. The number of aliphatic hydroxyl groups excluding tert-OH is 11. The summed E-state index contributed by atoms with van der Waals surface area (Å²) in [7, 11) is 0. The van der Waals surface area contributed by atoms with Gasteiger partial charge in [0.2, 0.25) is 11.8 Å². The lowest BCUT2D eigenvalue weighted by molar-refractivity contribution is -0.386. The molecule has 0 radical (unpaired) electrons. The quantitative estimate of drug-likeness (QED) is 0.0199. The smallest absolute Gasteiger partial charge is 0.364 e. The van der Waals surface area contributed by atoms with Crippen LogP contribution in [0.1, 0.15) is 316 Å². The Kier molecular flexibility index (Phi) is 53.8. The number of carboxylic acids is 1. The molecule has 2 amide bonds. The second-order valence-electron chi connectivity index (χ2n) is 29.6. The van der Waals surface area contributed by atoms with Gasteiger partial charge in [-0.25, -0.2) is 4.79 Å². The van der Waals surface area contributed by atoms with E-state index in [9.17, 15) is 75.7 Å². The summed E-state index contributed by atoms with van der Waals surface area (Å²) in [6, 6.07) is -2.62. The first-order chi connectivity index (χ1) is 49.9. The lowest BCUT2D eigenvalue weighted by Crippen LogP contribution is -2.70. The molecule has 23 nitrogen and oxygen atoms in total. The number of ether oxygens (including phenoxy) is 6. The van der Waals surface area contributed by atoms with Crippen LogP contribution in [0.15, 0.2) is 36.5 Å². The first kappa shape index (κ1) is 94.2. The van der Waals surface area contributed by atoms with Crippen molar-refractivity contribution in [3.8, 4) is 0 Å². The number of unbranched alkanes of at least 4 members (excludes halogenated alkanes) is 40. The molecule has 0 spiro atoms. The molecule has 3 saturated heterocycles. The van der Waals surface area contributed by atoms with Gasteiger partial charge in [-0.15, -0.1) is 0 Å². The van der Waals surface area contributed by atoms with Crippen LogP contribution in [0.2, 0.25) is 0 Å². The molecule has 0 aromatic heterocycles. The standard InChI is InChI=1S/C80H146N2O21/c1-4-6-8-10-12-14-16-18-20-21-22-23-24-25-26-27-28-29-30-31-32-33-34-35-36-37-38-39-40-42-44-46-48-50-52-54-67(90)82-61(62(87)53-51-49-47-45-43-41-19-17-15-13-11-9-7-5-2)59-98-77-72(94)71(93)74(66(58-85)100-77)101-78-73(95)76(70(92)65(57-84)99-78)103-80(79(96)97)55-63(88)68(81-60(3)86)75(102-80)69(91)64(89)56-83/h24-25,27-28,51,53,61-66,68-78,83-85,87-89,91-95H,4-23,26,29-50,52,54-59H2,1-3H3,(H,81,86)(H,82,90)(H,96,97)/b25-24-,28-27-,53-51+. The Labute approximate surface area is 618 Å². The van der Waals surface area contributed by atoms with Crippen molar-refractivity contribution in [3.63, 3.8) is 0 Å². The van der Waals surface area contributed by atoms with Gasteiger partial charge in [0.05, 0.1) is 50.7 Å². The number of carboxylic acid groups (broad SMARTS) is 1. The molecule has 3 fully saturated rings. The number of amides is 2. The average molecular weight is 1470 g/mol. The molecular weight excluding hydrogens is 1320 g/mol. The number of hydrogen-bond donors (Lipinski definition) is 14. The molecular formula is C80H146N2O21. The van der Waals surface area contributed by atoms with Gasteiger partial charge >= 0.3 is 5.97 Å². The van der Waals surface area contributed by atoms with Crippen LogP contribution in [-0.4, -0.2) is 215 Å². The van der Waals surface area contributed by atoms with Crippen LogP contribution < -0.4 is 10.6 Å². The SMILES string of the molecule is CCCCCCCCCCCCC/C=C\C/C=C\CCCCCCCCCCCCCCCCCCCC(=O)NC(COC1OC(CO)C(OC2OC(CO)C(O)C(OC3(C(=O)O)CC(O)C(NC(C)=O)C(C(O)C(O)CO)O3)C2O)C(O)C1O)C(O)/C=C/CCCCCCCCCCCCCC. The summed E-state index contributed by atoms with van der Waals surface area (Å²) in [4.78, 5) is 38.6. The van der Waals surface area contributed by atoms with Crippen LogP contribution >= 0.6 is 0 Å². The first-order valence-electron chi connectivity index (χ1n) is 40.9. The molecule has 18 unspecified atom stereocenters. The van der Waals surface area contributed by atoms with Crippen LogP contribution in [0.3, 0.4) is 0 Å². The molecule has 0 bridgehead atoms. The monoisotopic (exact) mass is 1470 g/mol. The molecule has 14 N–H and O–H groups in total. The number of nitrogens with one attached hydrogen (secondary N) is 2. The second-order valence-corrected chi connectivity index (χ2v) is 29.6. The van der Waals surface area contributed by atoms with Gasteiger partial charge in [0.1, 0.15) is 67.1 Å². The molecule has 0 aromatic carbocycles. The summed E-state index contributed by atoms with van der Waals surface area (Å²) < 4.78 is 34.9. The molecule has 18 atom stereocenters. The first-order valence-corrected chi connectivity index (χ1v) is 40.9. The van der Waals surface area contributed by atoms with Crippen LogP contribution in [0.25, 0.3) is 0 Å². The summed E-state index contributed by atoms with van der Waals surface area (Å²) in [5, 5.41) is 136. The Bertz CT molecular complexity index is 2200. The number of aliphatic hydroxyl groups is 11. The summed E-state index contributed by atoms with van der Waals surface area (Å²) in [5.41, 5.74) is 0. The maximum absolute atomic E-state index is 13.5. The highest BCUT2D eigenvalue weighted by molar-refractivity contribution is 5.77. The zero-order valence-electron chi connectivity index (χ0n) is 63.7. The fourth-order valence-electron chi connectivity index (χ4n) is 14.1. The molecule has 0 saturated carbocycles. The minimum absolute atomic E-state index is 0.201. The Morgan fingerprint density at radius 2 is 0.942 bits per heavy atom. The van der Waals surface area contributed by atoms with Crippen molar-refractivity contribution in [2.75, 3.05) is 26.4 Å². The van der Waals surface area contributed by atoms with Crippen LogP contribution in [-0.2, 0) is 42.8 Å². The van der Waals surface area contributed by atoms with E-state index in [-0.39, 0.29) is 12.3 Å². The highest BCUT2D eigenvalue weighted by Gasteiger charge is 2.60. The van der Waals surface area contributed by atoms with Crippen LogP contribution in [0, 0.1) is 0 Å². The van der Waals surface area contributed by atoms with Gasteiger partial charge in [-0.2, -0.15) is 0 Å². The van der Waals surface area contributed by atoms with E-state index in [0.29, 0.717) is 12.8 Å². The van der Waals surface area contributed by atoms with E-state index >= 15 is 0 Å². The number of hydrogen-bond acceptors (Lipinski definition) is 20. The minimum Gasteiger partial charge on any atom is -0.477 e. The molecule has 602 valence electrons. The number of carbonyl (C=O) groups excluding carboxylic acids is 2. The van der Waals surface area contributed by atoms with Crippen molar-refractivity contribution >= 4 is 17.8 Å². The fraction of sp³-hybridized carbons (Fsp3) is 0.887. The molecule has 0 aliphatic carbocycles. The molecule has 3 heterocycles. The third-order valence-corrected chi connectivity index (χ3v) is 20.6. The van der Waals surface area contributed by atoms with Crippen LogP contribution in [0.4, 0.5) is 0 Å². The van der Waals surface area contributed by atoms with E-state index in [0.717, 1.165) is 58.3 Å². The predicted octanol–water partition coefficient (Wildman–Crippen LogP) is 10.9. The van der Waals surface area contributed by atoms with Gasteiger partial charge in [0.15, 0.2) is 12.6 Å². The topological polar surface area (TPSA) is 373 Å². The zero-order chi connectivity index (χ0) is 75.3. The number of allylic oxidation sites excluding steroid dienone is 5. The van der Waals surface area contributed by atoms with E-state index in [2.05, 4.69) is 48.8 Å². The normalized spacial score (nSPS) is 26.7. The van der Waals surface area contributed by atoms with E-state index in [1.165, 1.54) is 218 Å². The number of aliphatic carboxylic acids is 1. The van der Waals surface area contributed by atoms with Gasteiger partial charge in [-0.1, -0.05) is 281 Å². The van der Waals surface area contributed by atoms with Crippen molar-refractivity contribution in [2.24, 2.45) is 0 Å². The molecule has 3 rings (SSSR count). The van der Waals surface area contributed by atoms with Gasteiger partial charge in [0, 0.05) is 19.8 Å². The zero-order valence-corrected chi connectivity index (χ0v) is 63.7. The van der Waals surface area contributed by atoms with Crippen molar-refractivity contribution in [2.45, 2.75) is 426 Å². The lowest BCUT2D eigenvalue weighted by atomic mass is 9.88. The Morgan fingerprint density at radius 3 is 1.37 bits per heavy atom. The maximum Gasteiger partial charge on any atom is 0.364 e. The molecule has 3 aliphatic heterocycles. The van der Waals surface area contributed by atoms with E-state index in [4.69, 9.17) is 28.4 Å². The van der Waals surface area contributed by atoms with Gasteiger partial charge < -0.3 is 100 Å². The lowest BCUT2D eigenvalue weighted by Gasteiger charge is -2.50. The second kappa shape index (κ2) is 58.9. The third-order valence-electron chi connectivity index (χ3n) is 20.6. The molecule has 0 aromatic rings. The molecule has 103 heavy (non-hydrogen) atoms. The predicted molar refractivity (Wildman–Crippen MR) is 398 cm³/mol. The van der Waals surface area contributed by atoms with Crippen LogP contribution in [0.5, 0.6) is 0 Å². The van der Waals surface area contributed by atoms with Crippen molar-refractivity contribution in [1.82, 2.24) is 10.6 Å². The summed E-state index contributed by atoms with van der Waals surface area (Å²) >= 11 is 0. The fourth-order valence-corrected chi connectivity index (χ4v) is 14.1. The highest BCUT2D eigenvalue weighted by atomic mass is 16.8. The summed E-state index contributed by atoms with van der Waals surface area (Å²) in [5.74, 6) is -6.14. The molecule has 3 aliphatic rings. The van der Waals surface area contributed by atoms with E-state index < -0.39 is 155 Å². The van der Waals surface area contributed by atoms with Gasteiger partial charge in [-0.05, 0) is 51.4 Å². The Hall–Kier alpha value is -3.05. The summed E-state index contributed by atoms with van der Waals surface area (Å²) in [6.07, 6.45) is 37.8. The van der Waals surface area contributed by atoms with Gasteiger partial charge in [-0.3, -0.25) is 9.59 Å². The number of rotatable bonds is 64. The average Bonchev–Trinajstić information content (AvgIpc) is 0.755. The van der Waals surface area contributed by atoms with Crippen molar-refractivity contribution in [1.29, 1.82) is 0 Å². The maximum atomic E-state index is 13.5. The minimum atomic E-state index is -3.08. The molecule has 23 heteroatoms. The Balaban J connectivity index is 1.44.